The van der Waals surface area contributed by atoms with Crippen LogP contribution in [0.4, 0.5) is 0 Å². The molecule has 4 unspecified atom stereocenters. The molecule has 2 heterocycles. The van der Waals surface area contributed by atoms with Crippen molar-refractivity contribution in [1.29, 1.82) is 0 Å². The number of β-amino-alcohol motifs (C(OH)–C–C–N with tert-alkyl or cyclic N) is 1. The molecule has 5 N–H and O–H groups in total. The fraction of sp³-hybridized carbons (Fsp3) is 0.400. The summed E-state index contributed by atoms with van der Waals surface area (Å²) in [5, 5.41) is 23.5. The van der Waals surface area contributed by atoms with E-state index >= 15 is 0 Å². The van der Waals surface area contributed by atoms with Crippen LogP contribution in [0.5, 0.6) is 0 Å². The molecular formula is C30H37N7O5. The van der Waals surface area contributed by atoms with Gasteiger partial charge in [0.05, 0.1) is 12.3 Å². The van der Waals surface area contributed by atoms with E-state index in [0.717, 1.165) is 16.7 Å². The molecule has 12 nitrogen and oxygen atoms in total. The summed E-state index contributed by atoms with van der Waals surface area (Å²) in [4.78, 5) is 53.1. The monoisotopic (exact) mass is 575 g/mol. The highest BCUT2D eigenvalue weighted by molar-refractivity contribution is 5.94. The van der Waals surface area contributed by atoms with E-state index in [4.69, 9.17) is 5.73 Å². The van der Waals surface area contributed by atoms with Crippen molar-refractivity contribution in [3.8, 4) is 11.1 Å². The van der Waals surface area contributed by atoms with E-state index in [-0.39, 0.29) is 25.1 Å². The van der Waals surface area contributed by atoms with Crippen LogP contribution in [0.1, 0.15) is 49.3 Å². The number of nitrogens with zero attached hydrogens (tertiary/aromatic N) is 4. The van der Waals surface area contributed by atoms with Gasteiger partial charge in [0.2, 0.25) is 17.7 Å². The number of nitrogens with one attached hydrogen (secondary N) is 2. The molecule has 0 saturated carbocycles. The first kappa shape index (κ1) is 30.4. The second-order valence-electron chi connectivity index (χ2n) is 11.6. The van der Waals surface area contributed by atoms with Crippen molar-refractivity contribution in [2.75, 3.05) is 13.6 Å². The summed E-state index contributed by atoms with van der Waals surface area (Å²) in [5.41, 5.74) is 7.86. The number of aliphatic hydroxyl groups is 1. The molecular weight excluding hydrogens is 538 g/mol. The number of primary amides is 1. The Bertz CT molecular complexity index is 1430. The Morgan fingerprint density at radius 1 is 1.05 bits per heavy atom. The number of nitrogens with two attached hydrogens (primary N) is 1. The maximum absolute atomic E-state index is 13.9. The van der Waals surface area contributed by atoms with Crippen LogP contribution in [0.25, 0.3) is 11.1 Å². The first-order chi connectivity index (χ1) is 19.9. The van der Waals surface area contributed by atoms with Crippen LogP contribution in [0.15, 0.2) is 60.8 Å². The van der Waals surface area contributed by atoms with Gasteiger partial charge in [0, 0.05) is 26.4 Å². The molecule has 0 aliphatic carbocycles. The lowest BCUT2D eigenvalue weighted by Gasteiger charge is -2.34. The number of hydrogen-bond donors (Lipinski definition) is 4. The maximum atomic E-state index is 13.9. The van der Waals surface area contributed by atoms with Gasteiger partial charge in [-0.1, -0.05) is 80.6 Å². The summed E-state index contributed by atoms with van der Waals surface area (Å²) in [6.07, 6.45) is 0.582. The summed E-state index contributed by atoms with van der Waals surface area (Å²) in [7, 11) is 1.46. The van der Waals surface area contributed by atoms with Gasteiger partial charge in [0.1, 0.15) is 18.1 Å². The van der Waals surface area contributed by atoms with Gasteiger partial charge >= 0.3 is 0 Å². The Morgan fingerprint density at radius 3 is 2.29 bits per heavy atom. The molecule has 3 aromatic rings. The SMILES string of the molecule is CNC(=O)c1cn(C(C(=O)N2CC(O)CC2C(=O)NC(Cc2ccc(-c3ccccc3)cc2)C(N)=O)C(C)(C)C)nn1. The summed E-state index contributed by atoms with van der Waals surface area (Å²) < 4.78 is 1.30. The number of amides is 4. The van der Waals surface area contributed by atoms with Gasteiger partial charge in [-0.2, -0.15) is 0 Å². The summed E-state index contributed by atoms with van der Waals surface area (Å²) in [6, 6.07) is 14.5. The molecule has 0 radical (unpaired) electrons. The minimum absolute atomic E-state index is 0.00740. The lowest BCUT2D eigenvalue weighted by Crippen LogP contribution is -2.54. The quantitative estimate of drug-likeness (QED) is 0.295. The Labute approximate surface area is 244 Å². The average molecular weight is 576 g/mol. The van der Waals surface area contributed by atoms with Crippen molar-refractivity contribution < 1.29 is 24.3 Å². The smallest absolute Gasteiger partial charge is 0.273 e. The molecule has 1 fully saturated rings. The molecule has 12 heteroatoms. The number of likely N-dealkylation sites (tertiary alicyclic amines) is 1. The van der Waals surface area contributed by atoms with Crippen LogP contribution in [0.3, 0.4) is 0 Å². The van der Waals surface area contributed by atoms with E-state index in [1.54, 1.807) is 0 Å². The molecule has 4 atom stereocenters. The zero-order chi connectivity index (χ0) is 30.6. The molecule has 1 aliphatic heterocycles. The number of aliphatic hydroxyl groups excluding tert-OH is 1. The molecule has 4 amide bonds. The fourth-order valence-electron chi connectivity index (χ4n) is 5.17. The van der Waals surface area contributed by atoms with Gasteiger partial charge in [-0.15, -0.1) is 5.10 Å². The van der Waals surface area contributed by atoms with Crippen LogP contribution in [-0.4, -0.2) is 80.4 Å². The van der Waals surface area contributed by atoms with Crippen LogP contribution >= 0.6 is 0 Å². The Hall–Kier alpha value is -4.58. The van der Waals surface area contributed by atoms with Crippen molar-refractivity contribution in [3.63, 3.8) is 0 Å². The lowest BCUT2D eigenvalue weighted by atomic mass is 9.85. The Morgan fingerprint density at radius 2 is 1.69 bits per heavy atom. The minimum Gasteiger partial charge on any atom is -0.391 e. The number of carbonyl (C=O) groups excluding carboxylic acids is 4. The van der Waals surface area contributed by atoms with Gasteiger partial charge in [-0.3, -0.25) is 19.2 Å². The Balaban J connectivity index is 1.51. The van der Waals surface area contributed by atoms with Crippen LogP contribution < -0.4 is 16.4 Å². The van der Waals surface area contributed by atoms with Crippen molar-refractivity contribution >= 4 is 23.6 Å². The molecule has 1 aliphatic rings. The first-order valence-corrected chi connectivity index (χ1v) is 13.8. The fourth-order valence-corrected chi connectivity index (χ4v) is 5.17. The molecule has 1 aromatic heterocycles. The van der Waals surface area contributed by atoms with Crippen LogP contribution in [0.2, 0.25) is 0 Å². The van der Waals surface area contributed by atoms with E-state index in [0.29, 0.717) is 0 Å². The predicted molar refractivity (Wildman–Crippen MR) is 155 cm³/mol. The number of benzene rings is 2. The topological polar surface area (TPSA) is 173 Å². The average Bonchev–Trinajstić information content (AvgIpc) is 3.59. The molecule has 0 bridgehead atoms. The zero-order valence-electron chi connectivity index (χ0n) is 24.2. The van der Waals surface area contributed by atoms with Crippen molar-refractivity contribution in [1.82, 2.24) is 30.5 Å². The molecule has 42 heavy (non-hydrogen) atoms. The van der Waals surface area contributed by atoms with E-state index in [9.17, 15) is 24.3 Å². The highest BCUT2D eigenvalue weighted by atomic mass is 16.3. The van der Waals surface area contributed by atoms with Crippen molar-refractivity contribution in [3.05, 3.63) is 72.1 Å². The number of carbonyl (C=O) groups is 4. The lowest BCUT2D eigenvalue weighted by molar-refractivity contribution is -0.144. The third-order valence-corrected chi connectivity index (χ3v) is 7.31. The van der Waals surface area contributed by atoms with Crippen LogP contribution in [-0.2, 0) is 20.8 Å². The van der Waals surface area contributed by atoms with Crippen LogP contribution in [0, 0.1) is 5.41 Å². The van der Waals surface area contributed by atoms with Gasteiger partial charge < -0.3 is 26.4 Å². The largest absolute Gasteiger partial charge is 0.391 e. The number of rotatable bonds is 9. The van der Waals surface area contributed by atoms with Gasteiger partial charge in [-0.25, -0.2) is 4.68 Å². The first-order valence-electron chi connectivity index (χ1n) is 13.8. The van der Waals surface area contributed by atoms with Crippen molar-refractivity contribution in [2.24, 2.45) is 11.1 Å². The van der Waals surface area contributed by atoms with E-state index in [2.05, 4.69) is 20.9 Å². The van der Waals surface area contributed by atoms with Gasteiger partial charge in [0.25, 0.3) is 5.91 Å². The molecule has 222 valence electrons. The van der Waals surface area contributed by atoms with Gasteiger partial charge in [-0.05, 0) is 22.1 Å². The zero-order valence-corrected chi connectivity index (χ0v) is 24.2. The predicted octanol–water partition coefficient (Wildman–Crippen LogP) is 1.07. The van der Waals surface area contributed by atoms with E-state index in [1.807, 2.05) is 75.4 Å². The normalized spacial score (nSPS) is 18.3. The highest BCUT2D eigenvalue weighted by Crippen LogP contribution is 2.34. The molecule has 1 saturated heterocycles. The molecule has 2 aromatic carbocycles. The molecule has 4 rings (SSSR count). The second kappa shape index (κ2) is 12.5. The number of aromatic nitrogens is 3. The second-order valence-corrected chi connectivity index (χ2v) is 11.6. The number of hydrogen-bond acceptors (Lipinski definition) is 7. The summed E-state index contributed by atoms with van der Waals surface area (Å²) in [6.45, 7) is 5.39. The molecule has 0 spiro atoms. The van der Waals surface area contributed by atoms with E-state index < -0.39 is 53.3 Å². The Kier molecular flexibility index (Phi) is 9.05. The van der Waals surface area contributed by atoms with Crippen molar-refractivity contribution in [2.45, 2.75) is 57.8 Å². The van der Waals surface area contributed by atoms with E-state index in [1.165, 1.54) is 22.8 Å². The third kappa shape index (κ3) is 6.82. The highest BCUT2D eigenvalue weighted by Gasteiger charge is 2.45. The minimum atomic E-state index is -1.04. The summed E-state index contributed by atoms with van der Waals surface area (Å²) >= 11 is 0. The van der Waals surface area contributed by atoms with Gasteiger partial charge in [0.15, 0.2) is 5.69 Å². The third-order valence-electron chi connectivity index (χ3n) is 7.31. The summed E-state index contributed by atoms with van der Waals surface area (Å²) in [5.74, 6) is -2.24. The maximum Gasteiger partial charge on any atom is 0.273 e. The standard InChI is InChI=1S/C30H37N7O5/c1-30(2,3)25(37-17-23(34-35-37)27(40)32-4)29(42)36-16-21(38)15-24(36)28(41)33-22(26(31)39)14-18-10-12-20(13-11-18)19-8-6-5-7-9-19/h5-13,17,21-22,24-25,38H,14-16H2,1-4H3,(H2,31,39)(H,32,40)(H,33,41).